The zero-order valence-electron chi connectivity index (χ0n) is 7.26. The van der Waals surface area contributed by atoms with Gasteiger partial charge in [0.2, 0.25) is 0 Å². The van der Waals surface area contributed by atoms with Gasteiger partial charge < -0.3 is 4.74 Å². The van der Waals surface area contributed by atoms with Gasteiger partial charge in [-0.1, -0.05) is 17.7 Å². The average Bonchev–Trinajstić information content (AvgIpc) is 2.12. The van der Waals surface area contributed by atoms with Gasteiger partial charge in [-0.3, -0.25) is 4.79 Å². The van der Waals surface area contributed by atoms with Gasteiger partial charge in [0.1, 0.15) is 5.75 Å². The summed E-state index contributed by atoms with van der Waals surface area (Å²) in [6.07, 6.45) is 0.427. The lowest BCUT2D eigenvalue weighted by molar-refractivity contribution is 0.0933. The van der Waals surface area contributed by atoms with Crippen molar-refractivity contribution in [3.8, 4) is 5.75 Å². The first kappa shape index (κ1) is 8.57. The number of Topliss-reactive ketones (excluding diaryl/α,β-unsaturated/α-hetero) is 1. The molecule has 2 rings (SSSR count). The van der Waals surface area contributed by atoms with Gasteiger partial charge in [0.25, 0.3) is 0 Å². The molecule has 0 aliphatic carbocycles. The molecule has 13 heavy (non-hydrogen) atoms. The fourth-order valence-electron chi connectivity index (χ4n) is 1.42. The average molecular weight is 197 g/mol. The lowest BCUT2D eigenvalue weighted by Gasteiger charge is -2.17. The minimum absolute atomic E-state index is 0.0787. The molecule has 0 spiro atoms. The molecule has 1 aliphatic heterocycles. The molecule has 1 aromatic rings. The van der Waals surface area contributed by atoms with Crippen molar-refractivity contribution in [2.75, 3.05) is 6.61 Å². The highest BCUT2D eigenvalue weighted by Crippen LogP contribution is 2.33. The van der Waals surface area contributed by atoms with Crippen LogP contribution in [-0.4, -0.2) is 12.4 Å². The molecule has 0 unspecified atom stereocenters. The maximum Gasteiger partial charge on any atom is 0.171 e. The van der Waals surface area contributed by atoms with Crippen LogP contribution in [-0.2, 0) is 0 Å². The summed E-state index contributed by atoms with van der Waals surface area (Å²) in [5.74, 6) is 0.696. The maximum absolute atomic E-state index is 11.5. The summed E-state index contributed by atoms with van der Waals surface area (Å²) in [6, 6.07) is 3.66. The number of carbonyl (C=O) groups is 1. The molecule has 0 bridgehead atoms. The summed E-state index contributed by atoms with van der Waals surface area (Å²) in [6.45, 7) is 2.34. The molecule has 0 atom stereocenters. The SMILES string of the molecule is Cc1ccc2c(c1Cl)C(=O)CCO2. The van der Waals surface area contributed by atoms with Gasteiger partial charge >= 0.3 is 0 Å². The van der Waals surface area contributed by atoms with Gasteiger partial charge in [-0.25, -0.2) is 0 Å². The zero-order valence-corrected chi connectivity index (χ0v) is 8.02. The van der Waals surface area contributed by atoms with E-state index in [0.29, 0.717) is 29.4 Å². The van der Waals surface area contributed by atoms with Gasteiger partial charge in [-0.2, -0.15) is 0 Å². The van der Waals surface area contributed by atoms with E-state index in [1.54, 1.807) is 6.07 Å². The second-order valence-electron chi connectivity index (χ2n) is 3.09. The molecule has 2 nitrogen and oxygen atoms in total. The fourth-order valence-corrected chi connectivity index (χ4v) is 1.68. The lowest BCUT2D eigenvalue weighted by atomic mass is 10.0. The van der Waals surface area contributed by atoms with E-state index in [0.717, 1.165) is 5.56 Å². The fraction of sp³-hybridized carbons (Fsp3) is 0.300. The Balaban J connectivity index is 2.65. The molecule has 0 saturated carbocycles. The first-order valence-corrected chi connectivity index (χ1v) is 4.53. The monoisotopic (exact) mass is 196 g/mol. The van der Waals surface area contributed by atoms with E-state index in [2.05, 4.69) is 0 Å². The van der Waals surface area contributed by atoms with Crippen molar-refractivity contribution in [3.63, 3.8) is 0 Å². The Kier molecular flexibility index (Phi) is 2.00. The van der Waals surface area contributed by atoms with Crippen LogP contribution in [0.25, 0.3) is 0 Å². The van der Waals surface area contributed by atoms with Crippen molar-refractivity contribution in [1.82, 2.24) is 0 Å². The van der Waals surface area contributed by atoms with E-state index in [1.165, 1.54) is 0 Å². The van der Waals surface area contributed by atoms with E-state index < -0.39 is 0 Å². The van der Waals surface area contributed by atoms with Crippen LogP contribution >= 0.6 is 11.6 Å². The molecular formula is C10H9ClO2. The number of halogens is 1. The van der Waals surface area contributed by atoms with E-state index in [-0.39, 0.29) is 5.78 Å². The first-order valence-electron chi connectivity index (χ1n) is 4.15. The Morgan fingerprint density at radius 1 is 1.46 bits per heavy atom. The Morgan fingerprint density at radius 2 is 2.23 bits per heavy atom. The molecule has 1 aromatic carbocycles. The number of hydrogen-bond donors (Lipinski definition) is 0. The van der Waals surface area contributed by atoms with E-state index >= 15 is 0 Å². The third-order valence-corrected chi connectivity index (χ3v) is 2.65. The van der Waals surface area contributed by atoms with Crippen LogP contribution in [0.5, 0.6) is 5.75 Å². The number of fused-ring (bicyclic) bond motifs is 1. The summed E-state index contributed by atoms with van der Waals surface area (Å²) < 4.78 is 5.32. The van der Waals surface area contributed by atoms with Crippen molar-refractivity contribution in [2.45, 2.75) is 13.3 Å². The smallest absolute Gasteiger partial charge is 0.171 e. The maximum atomic E-state index is 11.5. The molecule has 0 saturated heterocycles. The molecule has 3 heteroatoms. The number of hydrogen-bond acceptors (Lipinski definition) is 2. The van der Waals surface area contributed by atoms with Crippen LogP contribution in [0.3, 0.4) is 0 Å². The predicted octanol–water partition coefficient (Wildman–Crippen LogP) is 2.61. The Bertz CT molecular complexity index is 371. The van der Waals surface area contributed by atoms with E-state index in [1.807, 2.05) is 13.0 Å². The molecule has 1 aliphatic rings. The standard InChI is InChI=1S/C10H9ClO2/c1-6-2-3-8-9(10(6)11)7(12)4-5-13-8/h2-3H,4-5H2,1H3. The van der Waals surface area contributed by atoms with Crippen molar-refractivity contribution in [3.05, 3.63) is 28.3 Å². The van der Waals surface area contributed by atoms with E-state index in [9.17, 15) is 4.79 Å². The number of rotatable bonds is 0. The van der Waals surface area contributed by atoms with E-state index in [4.69, 9.17) is 16.3 Å². The second-order valence-corrected chi connectivity index (χ2v) is 3.47. The molecule has 0 amide bonds. The van der Waals surface area contributed by atoms with Crippen LogP contribution < -0.4 is 4.74 Å². The predicted molar refractivity (Wildman–Crippen MR) is 50.6 cm³/mol. The Hall–Kier alpha value is -1.02. The quantitative estimate of drug-likeness (QED) is 0.638. The minimum atomic E-state index is 0.0787. The molecule has 1 heterocycles. The van der Waals surface area contributed by atoms with Crippen molar-refractivity contribution in [1.29, 1.82) is 0 Å². The Morgan fingerprint density at radius 3 is 3.00 bits per heavy atom. The largest absolute Gasteiger partial charge is 0.492 e. The molecular weight excluding hydrogens is 188 g/mol. The molecule has 0 N–H and O–H groups in total. The van der Waals surface area contributed by atoms with Crippen LogP contribution in [0.4, 0.5) is 0 Å². The molecule has 0 aromatic heterocycles. The first-order chi connectivity index (χ1) is 6.20. The summed E-state index contributed by atoms with van der Waals surface area (Å²) in [5.41, 5.74) is 1.46. The summed E-state index contributed by atoms with van der Waals surface area (Å²) in [7, 11) is 0. The highest BCUT2D eigenvalue weighted by atomic mass is 35.5. The van der Waals surface area contributed by atoms with Crippen molar-refractivity contribution >= 4 is 17.4 Å². The van der Waals surface area contributed by atoms with Crippen LogP contribution in [0.15, 0.2) is 12.1 Å². The van der Waals surface area contributed by atoms with Crippen LogP contribution in [0.2, 0.25) is 5.02 Å². The summed E-state index contributed by atoms with van der Waals surface area (Å²) in [5, 5.41) is 0.530. The zero-order chi connectivity index (χ0) is 9.42. The van der Waals surface area contributed by atoms with Gasteiger partial charge in [0, 0.05) is 6.42 Å². The number of benzene rings is 1. The summed E-state index contributed by atoms with van der Waals surface area (Å²) >= 11 is 6.01. The van der Waals surface area contributed by atoms with Crippen molar-refractivity contribution < 1.29 is 9.53 Å². The number of aryl methyl sites for hydroxylation is 1. The molecule has 0 radical (unpaired) electrons. The number of carbonyl (C=O) groups excluding carboxylic acids is 1. The molecule has 68 valence electrons. The van der Waals surface area contributed by atoms with Crippen LogP contribution in [0, 0.1) is 6.92 Å². The minimum Gasteiger partial charge on any atom is -0.492 e. The van der Waals surface area contributed by atoms with Gasteiger partial charge in [-0.15, -0.1) is 0 Å². The molecule has 0 fully saturated rings. The second kappa shape index (κ2) is 3.04. The highest BCUT2D eigenvalue weighted by molar-refractivity contribution is 6.35. The highest BCUT2D eigenvalue weighted by Gasteiger charge is 2.22. The third kappa shape index (κ3) is 1.31. The van der Waals surface area contributed by atoms with Gasteiger partial charge in [-0.05, 0) is 18.6 Å². The van der Waals surface area contributed by atoms with Crippen molar-refractivity contribution in [2.24, 2.45) is 0 Å². The van der Waals surface area contributed by atoms with Gasteiger partial charge in [0.05, 0.1) is 17.2 Å². The van der Waals surface area contributed by atoms with Gasteiger partial charge in [0.15, 0.2) is 5.78 Å². The summed E-state index contributed by atoms with van der Waals surface area (Å²) in [4.78, 5) is 11.5. The number of ether oxygens (including phenoxy) is 1. The number of ketones is 1. The third-order valence-electron chi connectivity index (χ3n) is 2.16. The normalized spacial score (nSPS) is 15.1. The lowest BCUT2D eigenvalue weighted by Crippen LogP contribution is -2.16. The topological polar surface area (TPSA) is 26.3 Å². The Labute approximate surface area is 81.5 Å². The van der Waals surface area contributed by atoms with Crippen LogP contribution in [0.1, 0.15) is 22.3 Å².